The van der Waals surface area contributed by atoms with Crippen molar-refractivity contribution in [2.45, 2.75) is 59.0 Å². The van der Waals surface area contributed by atoms with Gasteiger partial charge in [-0.05, 0) is 19.8 Å². The zero-order valence-corrected chi connectivity index (χ0v) is 8.71. The Morgan fingerprint density at radius 3 is 1.75 bits per heavy atom. The Morgan fingerprint density at radius 1 is 1.08 bits per heavy atom. The SMILES string of the molecule is CCCC(C)O.CCCCCO. The van der Waals surface area contributed by atoms with Crippen molar-refractivity contribution < 1.29 is 10.2 Å². The van der Waals surface area contributed by atoms with Crippen molar-refractivity contribution >= 4 is 0 Å². The van der Waals surface area contributed by atoms with E-state index in [1.807, 2.05) is 6.92 Å². The Bertz CT molecular complexity index is 58.9. The first kappa shape index (κ1) is 14.4. The van der Waals surface area contributed by atoms with E-state index in [0.717, 1.165) is 25.7 Å². The lowest BCUT2D eigenvalue weighted by molar-refractivity contribution is 0.183. The summed E-state index contributed by atoms with van der Waals surface area (Å²) in [7, 11) is 0. The molecule has 12 heavy (non-hydrogen) atoms. The molecule has 0 bridgehead atoms. The molecule has 2 N–H and O–H groups in total. The molecule has 2 heteroatoms. The van der Waals surface area contributed by atoms with Gasteiger partial charge in [-0.25, -0.2) is 0 Å². The molecule has 0 saturated heterocycles. The van der Waals surface area contributed by atoms with E-state index in [1.165, 1.54) is 6.42 Å². The first-order valence-electron chi connectivity index (χ1n) is 4.97. The molecule has 0 fully saturated rings. The summed E-state index contributed by atoms with van der Waals surface area (Å²) >= 11 is 0. The van der Waals surface area contributed by atoms with E-state index >= 15 is 0 Å². The van der Waals surface area contributed by atoms with E-state index in [0.29, 0.717) is 6.61 Å². The quantitative estimate of drug-likeness (QED) is 0.631. The second-order valence-corrected chi connectivity index (χ2v) is 3.07. The lowest BCUT2D eigenvalue weighted by Crippen LogP contribution is -1.95. The van der Waals surface area contributed by atoms with Gasteiger partial charge in [0.1, 0.15) is 0 Å². The Kier molecular flexibility index (Phi) is 16.3. The highest BCUT2D eigenvalue weighted by atomic mass is 16.3. The highest BCUT2D eigenvalue weighted by Gasteiger charge is 1.87. The van der Waals surface area contributed by atoms with E-state index in [4.69, 9.17) is 10.2 Å². The van der Waals surface area contributed by atoms with E-state index in [2.05, 4.69) is 13.8 Å². The van der Waals surface area contributed by atoms with E-state index in [1.54, 1.807) is 0 Å². The summed E-state index contributed by atoms with van der Waals surface area (Å²) in [5, 5.41) is 16.7. The van der Waals surface area contributed by atoms with Crippen molar-refractivity contribution in [1.82, 2.24) is 0 Å². The van der Waals surface area contributed by atoms with Crippen LogP contribution in [0.5, 0.6) is 0 Å². The van der Waals surface area contributed by atoms with Crippen molar-refractivity contribution in [1.29, 1.82) is 0 Å². The van der Waals surface area contributed by atoms with Crippen LogP contribution in [-0.4, -0.2) is 22.9 Å². The molecule has 0 aliphatic heterocycles. The van der Waals surface area contributed by atoms with E-state index in [-0.39, 0.29) is 6.10 Å². The molecule has 0 radical (unpaired) electrons. The lowest BCUT2D eigenvalue weighted by atomic mass is 10.2. The fraction of sp³-hybridized carbons (Fsp3) is 1.00. The second kappa shape index (κ2) is 13.5. The number of hydrogen-bond acceptors (Lipinski definition) is 2. The van der Waals surface area contributed by atoms with Crippen LogP contribution in [0.2, 0.25) is 0 Å². The van der Waals surface area contributed by atoms with Crippen LogP contribution in [0.25, 0.3) is 0 Å². The summed E-state index contributed by atoms with van der Waals surface area (Å²) in [5.74, 6) is 0. The fourth-order valence-electron chi connectivity index (χ4n) is 0.780. The predicted molar refractivity (Wildman–Crippen MR) is 53.2 cm³/mol. The normalized spacial score (nSPS) is 11.8. The first-order chi connectivity index (χ1) is 5.68. The summed E-state index contributed by atoms with van der Waals surface area (Å²) in [6.45, 7) is 6.35. The van der Waals surface area contributed by atoms with Gasteiger partial charge in [0.15, 0.2) is 0 Å². The third kappa shape index (κ3) is 22.5. The standard InChI is InChI=1S/2C5H12O/c1-3-4-5(2)6;1-2-3-4-5-6/h5-6H,3-4H2,1-2H3;6H,2-5H2,1H3. The highest BCUT2D eigenvalue weighted by Crippen LogP contribution is 1.91. The first-order valence-corrected chi connectivity index (χ1v) is 4.97. The van der Waals surface area contributed by atoms with Gasteiger partial charge in [-0.15, -0.1) is 0 Å². The number of aliphatic hydroxyl groups is 2. The molecule has 0 saturated carbocycles. The molecular formula is C10H24O2. The molecule has 0 aliphatic rings. The summed E-state index contributed by atoms with van der Waals surface area (Å²) in [4.78, 5) is 0. The molecule has 0 aromatic heterocycles. The van der Waals surface area contributed by atoms with Crippen molar-refractivity contribution in [2.75, 3.05) is 6.61 Å². The van der Waals surface area contributed by atoms with Crippen LogP contribution < -0.4 is 0 Å². The Labute approximate surface area is 76.6 Å². The van der Waals surface area contributed by atoms with Gasteiger partial charge in [0.2, 0.25) is 0 Å². The Hall–Kier alpha value is -0.0800. The lowest BCUT2D eigenvalue weighted by Gasteiger charge is -1.95. The molecule has 0 rings (SSSR count). The molecule has 0 heterocycles. The van der Waals surface area contributed by atoms with Crippen LogP contribution in [0.4, 0.5) is 0 Å². The van der Waals surface area contributed by atoms with Crippen molar-refractivity contribution in [2.24, 2.45) is 0 Å². The molecule has 0 spiro atoms. The summed E-state index contributed by atoms with van der Waals surface area (Å²) in [6.07, 6.45) is 5.24. The van der Waals surface area contributed by atoms with Gasteiger partial charge < -0.3 is 10.2 Å². The molecule has 1 atom stereocenters. The third-order valence-corrected chi connectivity index (χ3v) is 1.47. The number of unbranched alkanes of at least 4 members (excludes halogenated alkanes) is 2. The molecule has 0 amide bonds. The Balaban J connectivity index is 0. The minimum Gasteiger partial charge on any atom is -0.396 e. The zero-order valence-electron chi connectivity index (χ0n) is 8.71. The number of aliphatic hydroxyl groups excluding tert-OH is 2. The van der Waals surface area contributed by atoms with Gasteiger partial charge in [-0.1, -0.05) is 33.1 Å². The van der Waals surface area contributed by atoms with Gasteiger partial charge in [0, 0.05) is 6.61 Å². The minimum atomic E-state index is -0.102. The maximum absolute atomic E-state index is 8.55. The summed E-state index contributed by atoms with van der Waals surface area (Å²) in [5.41, 5.74) is 0. The van der Waals surface area contributed by atoms with Crippen LogP contribution in [0.3, 0.4) is 0 Å². The monoisotopic (exact) mass is 176 g/mol. The van der Waals surface area contributed by atoms with Gasteiger partial charge in [0.05, 0.1) is 6.10 Å². The average Bonchev–Trinajstić information content (AvgIpc) is 2.02. The smallest absolute Gasteiger partial charge is 0.0512 e. The molecular weight excluding hydrogens is 152 g/mol. The van der Waals surface area contributed by atoms with Crippen molar-refractivity contribution in [3.8, 4) is 0 Å². The zero-order chi connectivity index (χ0) is 9.82. The maximum atomic E-state index is 8.55. The minimum absolute atomic E-state index is 0.102. The average molecular weight is 176 g/mol. The van der Waals surface area contributed by atoms with Crippen molar-refractivity contribution in [3.63, 3.8) is 0 Å². The van der Waals surface area contributed by atoms with Crippen LogP contribution in [-0.2, 0) is 0 Å². The van der Waals surface area contributed by atoms with Crippen molar-refractivity contribution in [3.05, 3.63) is 0 Å². The van der Waals surface area contributed by atoms with Crippen LogP contribution >= 0.6 is 0 Å². The fourth-order valence-corrected chi connectivity index (χ4v) is 0.780. The molecule has 76 valence electrons. The number of hydrogen-bond donors (Lipinski definition) is 2. The van der Waals surface area contributed by atoms with Crippen LogP contribution in [0, 0.1) is 0 Å². The van der Waals surface area contributed by atoms with Crippen LogP contribution in [0.1, 0.15) is 52.9 Å². The van der Waals surface area contributed by atoms with Crippen LogP contribution in [0.15, 0.2) is 0 Å². The maximum Gasteiger partial charge on any atom is 0.0512 e. The van der Waals surface area contributed by atoms with E-state index < -0.39 is 0 Å². The molecule has 0 aromatic carbocycles. The van der Waals surface area contributed by atoms with E-state index in [9.17, 15) is 0 Å². The third-order valence-electron chi connectivity index (χ3n) is 1.47. The van der Waals surface area contributed by atoms with Gasteiger partial charge in [0.25, 0.3) is 0 Å². The number of rotatable bonds is 5. The van der Waals surface area contributed by atoms with Gasteiger partial charge in [-0.3, -0.25) is 0 Å². The molecule has 1 unspecified atom stereocenters. The second-order valence-electron chi connectivity index (χ2n) is 3.07. The largest absolute Gasteiger partial charge is 0.396 e. The molecule has 0 aliphatic carbocycles. The highest BCUT2D eigenvalue weighted by molar-refractivity contribution is 4.40. The molecule has 2 nitrogen and oxygen atoms in total. The summed E-state index contributed by atoms with van der Waals surface area (Å²) in [6, 6.07) is 0. The van der Waals surface area contributed by atoms with Gasteiger partial charge >= 0.3 is 0 Å². The topological polar surface area (TPSA) is 40.5 Å². The molecule has 0 aromatic rings. The summed E-state index contributed by atoms with van der Waals surface area (Å²) < 4.78 is 0. The predicted octanol–water partition coefficient (Wildman–Crippen LogP) is 2.34. The Morgan fingerprint density at radius 2 is 1.67 bits per heavy atom. The van der Waals surface area contributed by atoms with Gasteiger partial charge in [-0.2, -0.15) is 0 Å².